The standard InChI is InChI=1S/C22H33NO/c1-2-3-4-5-6-17-7-8-19-14-20(10-9-18(19)13-17)21-11-12-22(23,15-21)16-24/h5-6,9-10,14,17,21,24H,2-4,7-8,11-13,15-16,23H2,1H3/t17-,21+,22-/m1/s1. The number of unbranched alkanes of at least 4 members (excludes halogenated alkanes) is 2. The monoisotopic (exact) mass is 327 g/mol. The highest BCUT2D eigenvalue weighted by Crippen LogP contribution is 2.40. The van der Waals surface area contributed by atoms with E-state index in [1.165, 1.54) is 49.7 Å². The SMILES string of the molecule is CCCCC=C[C@@H]1CCc2cc([C@H]3CC[C@](N)(CO)C3)ccc2C1. The third kappa shape index (κ3) is 4.10. The van der Waals surface area contributed by atoms with Crippen molar-refractivity contribution in [3.8, 4) is 0 Å². The highest BCUT2D eigenvalue weighted by Gasteiger charge is 2.36. The molecule has 24 heavy (non-hydrogen) atoms. The lowest BCUT2D eigenvalue weighted by Crippen LogP contribution is -2.40. The molecule has 0 aromatic heterocycles. The second-order valence-corrected chi connectivity index (χ2v) is 8.06. The largest absolute Gasteiger partial charge is 0.394 e. The molecule has 0 unspecified atom stereocenters. The summed E-state index contributed by atoms with van der Waals surface area (Å²) < 4.78 is 0. The molecule has 0 spiro atoms. The van der Waals surface area contributed by atoms with Gasteiger partial charge in [-0.1, -0.05) is 50.1 Å². The first kappa shape index (κ1) is 17.7. The van der Waals surface area contributed by atoms with Gasteiger partial charge in [0.15, 0.2) is 0 Å². The molecule has 3 atom stereocenters. The molecule has 2 aliphatic carbocycles. The predicted octanol–water partition coefficient (Wildman–Crippen LogP) is 4.50. The van der Waals surface area contributed by atoms with Gasteiger partial charge in [0.25, 0.3) is 0 Å². The molecule has 0 heterocycles. The molecular formula is C22H33NO. The highest BCUT2D eigenvalue weighted by molar-refractivity contribution is 5.37. The van der Waals surface area contributed by atoms with Crippen LogP contribution >= 0.6 is 0 Å². The Bertz CT molecular complexity index is 579. The van der Waals surface area contributed by atoms with Gasteiger partial charge in [-0.3, -0.25) is 0 Å². The molecule has 1 aromatic rings. The van der Waals surface area contributed by atoms with Crippen LogP contribution < -0.4 is 5.73 Å². The first-order valence-corrected chi connectivity index (χ1v) is 9.81. The van der Waals surface area contributed by atoms with Crippen molar-refractivity contribution in [2.24, 2.45) is 11.7 Å². The van der Waals surface area contributed by atoms with E-state index in [9.17, 15) is 5.11 Å². The van der Waals surface area contributed by atoms with Crippen LogP contribution in [0.1, 0.15) is 74.5 Å². The van der Waals surface area contributed by atoms with E-state index in [0.29, 0.717) is 5.92 Å². The summed E-state index contributed by atoms with van der Waals surface area (Å²) >= 11 is 0. The second-order valence-electron chi connectivity index (χ2n) is 8.06. The lowest BCUT2D eigenvalue weighted by atomic mass is 9.81. The Morgan fingerprint density at radius 3 is 2.92 bits per heavy atom. The van der Waals surface area contributed by atoms with Crippen LogP contribution in [0.4, 0.5) is 0 Å². The van der Waals surface area contributed by atoms with E-state index in [2.05, 4.69) is 37.3 Å². The molecule has 0 radical (unpaired) electrons. The van der Waals surface area contributed by atoms with E-state index in [0.717, 1.165) is 25.2 Å². The summed E-state index contributed by atoms with van der Waals surface area (Å²) in [6, 6.07) is 7.10. The summed E-state index contributed by atoms with van der Waals surface area (Å²) in [5.41, 5.74) is 10.4. The molecule has 1 fully saturated rings. The van der Waals surface area contributed by atoms with Gasteiger partial charge in [0.2, 0.25) is 0 Å². The van der Waals surface area contributed by atoms with Crippen molar-refractivity contribution in [2.75, 3.05) is 6.61 Å². The van der Waals surface area contributed by atoms with Crippen LogP contribution in [-0.4, -0.2) is 17.3 Å². The van der Waals surface area contributed by atoms with E-state index in [-0.39, 0.29) is 12.1 Å². The number of benzene rings is 1. The molecule has 132 valence electrons. The van der Waals surface area contributed by atoms with Gasteiger partial charge in [0, 0.05) is 5.54 Å². The summed E-state index contributed by atoms with van der Waals surface area (Å²) in [6.07, 6.45) is 15.3. The van der Waals surface area contributed by atoms with Crippen LogP contribution in [0, 0.1) is 5.92 Å². The van der Waals surface area contributed by atoms with Crippen molar-refractivity contribution < 1.29 is 5.11 Å². The molecule has 3 rings (SSSR count). The Morgan fingerprint density at radius 1 is 1.29 bits per heavy atom. The Hall–Kier alpha value is -1.12. The topological polar surface area (TPSA) is 46.2 Å². The smallest absolute Gasteiger partial charge is 0.0611 e. The van der Waals surface area contributed by atoms with Crippen LogP contribution in [-0.2, 0) is 12.8 Å². The third-order valence-corrected chi connectivity index (χ3v) is 6.06. The Balaban J connectivity index is 1.63. The fourth-order valence-corrected chi connectivity index (χ4v) is 4.42. The van der Waals surface area contributed by atoms with Crippen LogP contribution in [0.15, 0.2) is 30.4 Å². The van der Waals surface area contributed by atoms with Crippen molar-refractivity contribution in [3.05, 3.63) is 47.0 Å². The minimum Gasteiger partial charge on any atom is -0.394 e. The summed E-state index contributed by atoms with van der Waals surface area (Å²) in [4.78, 5) is 0. The zero-order valence-corrected chi connectivity index (χ0v) is 15.1. The number of aryl methyl sites for hydroxylation is 1. The maximum Gasteiger partial charge on any atom is 0.0611 e. The third-order valence-electron chi connectivity index (χ3n) is 6.06. The lowest BCUT2D eigenvalue weighted by Gasteiger charge is -2.25. The van der Waals surface area contributed by atoms with Crippen LogP contribution in [0.25, 0.3) is 0 Å². The fourth-order valence-electron chi connectivity index (χ4n) is 4.42. The van der Waals surface area contributed by atoms with Crippen LogP contribution in [0.2, 0.25) is 0 Å². The molecule has 2 aliphatic rings. The molecule has 1 aromatic carbocycles. The van der Waals surface area contributed by atoms with E-state index in [4.69, 9.17) is 5.73 Å². The Kier molecular flexibility index (Phi) is 5.78. The van der Waals surface area contributed by atoms with Gasteiger partial charge < -0.3 is 10.8 Å². The number of rotatable bonds is 6. The first-order chi connectivity index (χ1) is 11.6. The fraction of sp³-hybridized carbons (Fsp3) is 0.636. The average Bonchev–Trinajstić information content (AvgIpc) is 3.01. The predicted molar refractivity (Wildman–Crippen MR) is 101 cm³/mol. The van der Waals surface area contributed by atoms with Crippen molar-refractivity contribution >= 4 is 0 Å². The molecule has 0 amide bonds. The van der Waals surface area contributed by atoms with Gasteiger partial charge in [-0.05, 0) is 73.5 Å². The second kappa shape index (κ2) is 7.84. The van der Waals surface area contributed by atoms with Crippen LogP contribution in [0.3, 0.4) is 0 Å². The van der Waals surface area contributed by atoms with Crippen molar-refractivity contribution in [1.29, 1.82) is 0 Å². The molecule has 0 bridgehead atoms. The molecule has 2 heteroatoms. The summed E-state index contributed by atoms with van der Waals surface area (Å²) in [5, 5.41) is 9.48. The van der Waals surface area contributed by atoms with E-state index >= 15 is 0 Å². The van der Waals surface area contributed by atoms with Crippen LogP contribution in [0.5, 0.6) is 0 Å². The van der Waals surface area contributed by atoms with Gasteiger partial charge in [-0.2, -0.15) is 0 Å². The first-order valence-electron chi connectivity index (χ1n) is 9.81. The van der Waals surface area contributed by atoms with E-state index < -0.39 is 0 Å². The Labute approximate surface area is 147 Å². The van der Waals surface area contributed by atoms with Gasteiger partial charge >= 0.3 is 0 Å². The van der Waals surface area contributed by atoms with E-state index in [1.807, 2.05) is 0 Å². The maximum absolute atomic E-state index is 9.48. The van der Waals surface area contributed by atoms with Gasteiger partial charge in [-0.25, -0.2) is 0 Å². The van der Waals surface area contributed by atoms with Gasteiger partial charge in [0.05, 0.1) is 6.61 Å². The molecule has 3 N–H and O–H groups in total. The summed E-state index contributed by atoms with van der Waals surface area (Å²) in [5.74, 6) is 1.25. The Morgan fingerprint density at radius 2 is 2.17 bits per heavy atom. The number of hydrogen-bond acceptors (Lipinski definition) is 2. The summed E-state index contributed by atoms with van der Waals surface area (Å²) in [7, 11) is 0. The van der Waals surface area contributed by atoms with Crippen molar-refractivity contribution in [3.63, 3.8) is 0 Å². The lowest BCUT2D eigenvalue weighted by molar-refractivity contribution is 0.198. The number of aliphatic hydroxyl groups excluding tert-OH is 1. The van der Waals surface area contributed by atoms with Crippen molar-refractivity contribution in [2.45, 2.75) is 76.2 Å². The number of nitrogens with two attached hydrogens (primary N) is 1. The quantitative estimate of drug-likeness (QED) is 0.597. The van der Waals surface area contributed by atoms with Gasteiger partial charge in [0.1, 0.15) is 0 Å². The highest BCUT2D eigenvalue weighted by atomic mass is 16.3. The zero-order valence-electron chi connectivity index (χ0n) is 15.1. The minimum absolute atomic E-state index is 0.112. The molecule has 1 saturated carbocycles. The van der Waals surface area contributed by atoms with Gasteiger partial charge in [-0.15, -0.1) is 0 Å². The molecule has 2 nitrogen and oxygen atoms in total. The number of fused-ring (bicyclic) bond motifs is 1. The van der Waals surface area contributed by atoms with Crippen molar-refractivity contribution in [1.82, 2.24) is 0 Å². The molecular weight excluding hydrogens is 294 g/mol. The zero-order chi connectivity index (χ0) is 17.0. The number of aliphatic hydroxyl groups is 1. The maximum atomic E-state index is 9.48. The average molecular weight is 328 g/mol. The summed E-state index contributed by atoms with van der Waals surface area (Å²) in [6.45, 7) is 2.36. The number of allylic oxidation sites excluding steroid dienone is 2. The minimum atomic E-state index is -0.352. The van der Waals surface area contributed by atoms with E-state index in [1.54, 1.807) is 5.56 Å². The number of hydrogen-bond donors (Lipinski definition) is 2. The molecule has 0 aliphatic heterocycles. The normalized spacial score (nSPS) is 30.0. The molecule has 0 saturated heterocycles.